The van der Waals surface area contributed by atoms with Crippen molar-refractivity contribution in [3.05, 3.63) is 36.8 Å². The number of likely N-dealkylation sites (N-methyl/N-ethyl adjacent to an activating group) is 1. The number of ether oxygens (including phenoxy) is 1. The standard InChI is InChI=1S/C21H26N8OS.C2H6/c1-27-6-8-29(9-7-27)20-24-18(14-19(26-20)28-10-12-30-13-11-28)25-21-23-15-17(31-21)16-2-4-22-5-3-16;1-2/h2-5,14-15H,6-13H2,1H3,(H,23,24,25,26);1-2H3. The molecule has 9 nitrogen and oxygen atoms in total. The second-order valence-electron chi connectivity index (χ2n) is 7.69. The molecule has 10 heteroatoms. The molecule has 2 fully saturated rings. The van der Waals surface area contributed by atoms with E-state index < -0.39 is 0 Å². The first-order valence-electron chi connectivity index (χ1n) is 11.5. The fourth-order valence-corrected chi connectivity index (χ4v) is 4.51. The van der Waals surface area contributed by atoms with Gasteiger partial charge in [0.2, 0.25) is 5.95 Å². The van der Waals surface area contributed by atoms with Crippen LogP contribution in [0.2, 0.25) is 0 Å². The molecule has 0 atom stereocenters. The van der Waals surface area contributed by atoms with Crippen LogP contribution in [0.5, 0.6) is 0 Å². The summed E-state index contributed by atoms with van der Waals surface area (Å²) in [6.45, 7) is 11.0. The maximum atomic E-state index is 5.52. The SMILES string of the molecule is CC.CN1CCN(c2nc(Nc3ncc(-c4ccncc4)s3)cc(N3CCOCC3)n2)CC1. The third-order valence-electron chi connectivity index (χ3n) is 5.53. The molecule has 2 saturated heterocycles. The number of thiazole rings is 1. The van der Waals surface area contributed by atoms with Crippen LogP contribution >= 0.6 is 11.3 Å². The first-order valence-corrected chi connectivity index (χ1v) is 12.3. The molecule has 0 unspecified atom stereocenters. The summed E-state index contributed by atoms with van der Waals surface area (Å²) in [6.07, 6.45) is 5.47. The number of anilines is 4. The van der Waals surface area contributed by atoms with Crippen molar-refractivity contribution in [2.75, 3.05) is 74.6 Å². The molecule has 3 aromatic heterocycles. The average molecular weight is 469 g/mol. The first kappa shape index (κ1) is 23.3. The van der Waals surface area contributed by atoms with Crippen LogP contribution in [0.25, 0.3) is 10.4 Å². The van der Waals surface area contributed by atoms with E-state index in [-0.39, 0.29) is 0 Å². The zero-order valence-electron chi connectivity index (χ0n) is 19.6. The second-order valence-corrected chi connectivity index (χ2v) is 8.72. The fourth-order valence-electron chi connectivity index (χ4n) is 3.68. The molecule has 5 heterocycles. The van der Waals surface area contributed by atoms with Crippen molar-refractivity contribution in [3.63, 3.8) is 0 Å². The summed E-state index contributed by atoms with van der Waals surface area (Å²) in [6, 6.07) is 5.99. The Labute approximate surface area is 199 Å². The summed E-state index contributed by atoms with van der Waals surface area (Å²) in [5.41, 5.74) is 1.11. The highest BCUT2D eigenvalue weighted by atomic mass is 32.1. The van der Waals surface area contributed by atoms with Gasteiger partial charge in [-0.1, -0.05) is 25.2 Å². The van der Waals surface area contributed by atoms with Gasteiger partial charge in [-0.15, -0.1) is 0 Å². The van der Waals surface area contributed by atoms with E-state index in [4.69, 9.17) is 14.7 Å². The fraction of sp³-hybridized carbons (Fsp3) is 0.478. The Kier molecular flexibility index (Phi) is 8.03. The number of aromatic nitrogens is 4. The maximum Gasteiger partial charge on any atom is 0.229 e. The van der Waals surface area contributed by atoms with E-state index in [1.54, 1.807) is 23.7 Å². The maximum absolute atomic E-state index is 5.52. The van der Waals surface area contributed by atoms with Crippen molar-refractivity contribution < 1.29 is 4.74 Å². The number of morpholine rings is 1. The van der Waals surface area contributed by atoms with E-state index in [0.717, 1.165) is 85.6 Å². The zero-order chi connectivity index (χ0) is 23.0. The van der Waals surface area contributed by atoms with Crippen LogP contribution < -0.4 is 15.1 Å². The molecular weight excluding hydrogens is 436 g/mol. The molecule has 0 spiro atoms. The van der Waals surface area contributed by atoms with Gasteiger partial charge in [-0.25, -0.2) is 4.98 Å². The molecular formula is C23H32N8OS. The Morgan fingerprint density at radius 1 is 0.939 bits per heavy atom. The number of piperazine rings is 1. The van der Waals surface area contributed by atoms with Crippen LogP contribution in [0.15, 0.2) is 36.8 Å². The molecule has 0 saturated carbocycles. The van der Waals surface area contributed by atoms with Crippen LogP contribution in [0, 0.1) is 0 Å². The van der Waals surface area contributed by atoms with Crippen molar-refractivity contribution in [1.82, 2.24) is 24.8 Å². The quantitative estimate of drug-likeness (QED) is 0.606. The molecule has 2 aliphatic heterocycles. The summed E-state index contributed by atoms with van der Waals surface area (Å²) in [7, 11) is 2.15. The van der Waals surface area contributed by atoms with Gasteiger partial charge in [0, 0.05) is 63.9 Å². The zero-order valence-corrected chi connectivity index (χ0v) is 20.4. The van der Waals surface area contributed by atoms with Crippen LogP contribution in [-0.4, -0.2) is 84.4 Å². The number of hydrogen-bond acceptors (Lipinski definition) is 10. The molecule has 0 aromatic carbocycles. The molecule has 0 bridgehead atoms. The number of rotatable bonds is 5. The van der Waals surface area contributed by atoms with E-state index in [9.17, 15) is 0 Å². The Morgan fingerprint density at radius 3 is 2.39 bits per heavy atom. The van der Waals surface area contributed by atoms with Gasteiger partial charge in [0.15, 0.2) is 5.13 Å². The summed E-state index contributed by atoms with van der Waals surface area (Å²) in [5.74, 6) is 2.46. The molecule has 176 valence electrons. The molecule has 0 amide bonds. The predicted molar refractivity (Wildman–Crippen MR) is 135 cm³/mol. The lowest BCUT2D eigenvalue weighted by Crippen LogP contribution is -2.45. The van der Waals surface area contributed by atoms with Gasteiger partial charge in [-0.05, 0) is 24.7 Å². The van der Waals surface area contributed by atoms with Crippen LogP contribution in [0.3, 0.4) is 0 Å². The van der Waals surface area contributed by atoms with Gasteiger partial charge in [0.1, 0.15) is 11.6 Å². The number of hydrogen-bond donors (Lipinski definition) is 1. The van der Waals surface area contributed by atoms with Gasteiger partial charge >= 0.3 is 0 Å². The van der Waals surface area contributed by atoms with E-state index >= 15 is 0 Å². The van der Waals surface area contributed by atoms with Crippen molar-refractivity contribution in [2.24, 2.45) is 0 Å². The summed E-state index contributed by atoms with van der Waals surface area (Å²) in [4.78, 5) is 26.3. The molecule has 0 aliphatic carbocycles. The normalized spacial score (nSPS) is 16.8. The van der Waals surface area contributed by atoms with Gasteiger partial charge in [0.25, 0.3) is 0 Å². The minimum atomic E-state index is 0.721. The van der Waals surface area contributed by atoms with Gasteiger partial charge in [-0.3, -0.25) is 4.98 Å². The lowest BCUT2D eigenvalue weighted by Gasteiger charge is -2.34. The van der Waals surface area contributed by atoms with Crippen LogP contribution in [-0.2, 0) is 4.74 Å². The van der Waals surface area contributed by atoms with Crippen molar-refractivity contribution in [1.29, 1.82) is 0 Å². The average Bonchev–Trinajstić information content (AvgIpc) is 3.35. The summed E-state index contributed by atoms with van der Waals surface area (Å²) < 4.78 is 5.52. The first-order chi connectivity index (χ1) is 16.2. The Balaban J connectivity index is 0.00000126. The highest BCUT2D eigenvalue weighted by Gasteiger charge is 2.21. The highest BCUT2D eigenvalue weighted by molar-refractivity contribution is 7.18. The van der Waals surface area contributed by atoms with Gasteiger partial charge in [-0.2, -0.15) is 9.97 Å². The van der Waals surface area contributed by atoms with Gasteiger partial charge in [0.05, 0.1) is 18.1 Å². The monoisotopic (exact) mass is 468 g/mol. The highest BCUT2D eigenvalue weighted by Crippen LogP contribution is 2.31. The third-order valence-corrected chi connectivity index (χ3v) is 6.49. The molecule has 0 radical (unpaired) electrons. The van der Waals surface area contributed by atoms with Crippen LogP contribution in [0.1, 0.15) is 13.8 Å². The smallest absolute Gasteiger partial charge is 0.229 e. The van der Waals surface area contributed by atoms with E-state index in [1.807, 2.05) is 38.2 Å². The van der Waals surface area contributed by atoms with Crippen LogP contribution in [0.4, 0.5) is 22.7 Å². The van der Waals surface area contributed by atoms with E-state index in [2.05, 4.69) is 37.0 Å². The largest absolute Gasteiger partial charge is 0.378 e. The predicted octanol–water partition coefficient (Wildman–Crippen LogP) is 3.35. The van der Waals surface area contributed by atoms with E-state index in [1.165, 1.54) is 0 Å². The minimum absolute atomic E-state index is 0.721. The molecule has 33 heavy (non-hydrogen) atoms. The Hall–Kier alpha value is -2.82. The van der Waals surface area contributed by atoms with Crippen molar-refractivity contribution in [3.8, 4) is 10.4 Å². The summed E-state index contributed by atoms with van der Waals surface area (Å²) >= 11 is 1.60. The molecule has 2 aliphatic rings. The minimum Gasteiger partial charge on any atom is -0.378 e. The lowest BCUT2D eigenvalue weighted by atomic mass is 10.2. The third kappa shape index (κ3) is 5.95. The summed E-state index contributed by atoms with van der Waals surface area (Å²) in [5, 5.41) is 4.22. The number of nitrogens with zero attached hydrogens (tertiary/aromatic N) is 7. The van der Waals surface area contributed by atoms with Crippen molar-refractivity contribution in [2.45, 2.75) is 13.8 Å². The Morgan fingerprint density at radius 2 is 1.67 bits per heavy atom. The molecule has 1 N–H and O–H groups in total. The Bertz CT molecular complexity index is 1000. The molecule has 5 rings (SSSR count). The van der Waals surface area contributed by atoms with Gasteiger partial charge < -0.3 is 24.8 Å². The topological polar surface area (TPSA) is 82.5 Å². The molecule has 3 aromatic rings. The lowest BCUT2D eigenvalue weighted by molar-refractivity contribution is 0.122. The number of nitrogens with one attached hydrogen (secondary N) is 1. The van der Waals surface area contributed by atoms with Crippen molar-refractivity contribution >= 4 is 34.1 Å². The number of pyridine rings is 1. The second kappa shape index (κ2) is 11.4. The van der Waals surface area contributed by atoms with E-state index in [0.29, 0.717) is 0 Å².